The van der Waals surface area contributed by atoms with Crippen LogP contribution in [0.5, 0.6) is 5.75 Å². The molecule has 0 atom stereocenters. The van der Waals surface area contributed by atoms with Gasteiger partial charge in [-0.05, 0) is 79.7 Å². The number of amides is 1. The molecule has 4 rings (SSSR count). The summed E-state index contributed by atoms with van der Waals surface area (Å²) in [5.41, 5.74) is 3.06. The summed E-state index contributed by atoms with van der Waals surface area (Å²) in [6.07, 6.45) is 0. The molecule has 0 unspecified atom stereocenters. The number of nitrogens with one attached hydrogen (secondary N) is 1. The maximum atomic E-state index is 12.4. The molecule has 0 fully saturated rings. The normalized spacial score (nSPS) is 10.3. The van der Waals surface area contributed by atoms with Crippen molar-refractivity contribution in [3.63, 3.8) is 0 Å². The molecular weight excluding hydrogens is 470 g/mol. The number of aryl methyl sites for hydroxylation is 1. The Morgan fingerprint density at radius 2 is 1.19 bits per heavy atom. The van der Waals surface area contributed by atoms with Crippen LogP contribution in [0.3, 0.4) is 0 Å². The maximum Gasteiger partial charge on any atom is 0.343 e. The summed E-state index contributed by atoms with van der Waals surface area (Å²) in [5, 5.41) is 2.76. The van der Waals surface area contributed by atoms with Gasteiger partial charge < -0.3 is 14.8 Å². The lowest BCUT2D eigenvalue weighted by Crippen LogP contribution is -2.15. The van der Waals surface area contributed by atoms with Crippen LogP contribution in [-0.2, 0) is 4.74 Å². The van der Waals surface area contributed by atoms with Crippen molar-refractivity contribution in [2.45, 2.75) is 6.92 Å². The minimum absolute atomic E-state index is 0.240. The Labute approximate surface area is 213 Å². The number of ketones is 1. The fraction of sp³-hybridized carbons (Fsp3) is 0.0667. The first kappa shape index (κ1) is 25.1. The summed E-state index contributed by atoms with van der Waals surface area (Å²) in [4.78, 5) is 49.3. The summed E-state index contributed by atoms with van der Waals surface area (Å²) in [6.45, 7) is 1.49. The van der Waals surface area contributed by atoms with Gasteiger partial charge in [-0.15, -0.1) is 0 Å². The number of benzene rings is 4. The number of rotatable bonds is 8. The van der Waals surface area contributed by atoms with Crippen LogP contribution in [0.15, 0.2) is 103 Å². The van der Waals surface area contributed by atoms with Crippen LogP contribution in [0.1, 0.15) is 47.0 Å². The maximum absolute atomic E-state index is 12.4. The highest BCUT2D eigenvalue weighted by atomic mass is 16.5. The number of ether oxygens (including phenoxy) is 2. The summed E-state index contributed by atoms with van der Waals surface area (Å²) < 4.78 is 10.4. The molecule has 0 spiro atoms. The van der Waals surface area contributed by atoms with Crippen molar-refractivity contribution in [2.24, 2.45) is 0 Å². The largest absolute Gasteiger partial charge is 0.454 e. The third-order valence-corrected chi connectivity index (χ3v) is 5.42. The monoisotopic (exact) mass is 493 g/mol. The lowest BCUT2D eigenvalue weighted by Gasteiger charge is -2.08. The highest BCUT2D eigenvalue weighted by Crippen LogP contribution is 2.16. The molecule has 0 bridgehead atoms. The first-order valence-corrected chi connectivity index (χ1v) is 11.4. The van der Waals surface area contributed by atoms with Gasteiger partial charge in [0.25, 0.3) is 5.91 Å². The van der Waals surface area contributed by atoms with Gasteiger partial charge in [0.2, 0.25) is 0 Å². The van der Waals surface area contributed by atoms with Crippen molar-refractivity contribution in [3.8, 4) is 5.75 Å². The van der Waals surface area contributed by atoms with E-state index >= 15 is 0 Å². The van der Waals surface area contributed by atoms with Gasteiger partial charge in [0.15, 0.2) is 12.4 Å². The van der Waals surface area contributed by atoms with Gasteiger partial charge >= 0.3 is 11.9 Å². The first-order chi connectivity index (χ1) is 17.9. The van der Waals surface area contributed by atoms with Crippen LogP contribution in [-0.4, -0.2) is 30.2 Å². The van der Waals surface area contributed by atoms with Crippen molar-refractivity contribution in [1.29, 1.82) is 0 Å². The van der Waals surface area contributed by atoms with Crippen molar-refractivity contribution in [2.75, 3.05) is 11.9 Å². The second-order valence-corrected chi connectivity index (χ2v) is 8.18. The highest BCUT2D eigenvalue weighted by molar-refractivity contribution is 6.04. The van der Waals surface area contributed by atoms with Crippen LogP contribution in [0.25, 0.3) is 0 Å². The smallest absolute Gasteiger partial charge is 0.343 e. The molecule has 0 aliphatic heterocycles. The molecule has 0 aromatic heterocycles. The third kappa shape index (κ3) is 6.76. The van der Waals surface area contributed by atoms with E-state index in [0.717, 1.165) is 5.56 Å². The Morgan fingerprint density at radius 1 is 0.622 bits per heavy atom. The van der Waals surface area contributed by atoms with Gasteiger partial charge in [-0.25, -0.2) is 9.59 Å². The SMILES string of the molecule is Cc1ccc(C(=O)Nc2ccc(C(=O)OCC(=O)c3ccc(OC(=O)c4ccccc4)cc3)cc2)cc1. The molecule has 0 heterocycles. The van der Waals surface area contributed by atoms with Gasteiger partial charge in [-0.2, -0.15) is 0 Å². The van der Waals surface area contributed by atoms with Gasteiger partial charge in [-0.1, -0.05) is 35.9 Å². The van der Waals surface area contributed by atoms with Gasteiger partial charge in [0.1, 0.15) is 5.75 Å². The van der Waals surface area contributed by atoms with E-state index in [1.54, 1.807) is 54.6 Å². The Morgan fingerprint density at radius 3 is 1.84 bits per heavy atom. The van der Waals surface area contributed by atoms with E-state index in [0.29, 0.717) is 22.4 Å². The van der Waals surface area contributed by atoms with E-state index in [1.807, 2.05) is 19.1 Å². The molecule has 7 heteroatoms. The van der Waals surface area contributed by atoms with Crippen LogP contribution in [0.4, 0.5) is 5.69 Å². The van der Waals surface area contributed by atoms with E-state index in [2.05, 4.69) is 5.32 Å². The third-order valence-electron chi connectivity index (χ3n) is 5.42. The number of esters is 2. The highest BCUT2D eigenvalue weighted by Gasteiger charge is 2.14. The Hall–Kier alpha value is -5.04. The van der Waals surface area contributed by atoms with Crippen LogP contribution in [0.2, 0.25) is 0 Å². The second-order valence-electron chi connectivity index (χ2n) is 8.18. The minimum Gasteiger partial charge on any atom is -0.454 e. The summed E-state index contributed by atoms with van der Waals surface area (Å²) >= 11 is 0. The van der Waals surface area contributed by atoms with Gasteiger partial charge in [-0.3, -0.25) is 9.59 Å². The first-order valence-electron chi connectivity index (χ1n) is 11.4. The van der Waals surface area contributed by atoms with Crippen LogP contribution < -0.4 is 10.1 Å². The number of carbonyl (C=O) groups excluding carboxylic acids is 4. The van der Waals surface area contributed by atoms with Gasteiger partial charge in [0, 0.05) is 16.8 Å². The summed E-state index contributed by atoms with van der Waals surface area (Å²) in [6, 6.07) is 27.9. The van der Waals surface area contributed by atoms with E-state index in [1.165, 1.54) is 36.4 Å². The Balaban J connectivity index is 1.27. The second kappa shape index (κ2) is 11.6. The number of anilines is 1. The van der Waals surface area contributed by atoms with E-state index in [4.69, 9.17) is 9.47 Å². The molecule has 0 aliphatic carbocycles. The molecule has 4 aromatic rings. The molecule has 0 saturated heterocycles. The molecule has 1 amide bonds. The predicted octanol–water partition coefficient (Wildman–Crippen LogP) is 5.51. The van der Waals surface area contributed by atoms with Crippen molar-refractivity contribution < 1.29 is 28.7 Å². The molecule has 1 N–H and O–H groups in total. The minimum atomic E-state index is -0.668. The summed E-state index contributed by atoms with van der Waals surface area (Å²) in [5.74, 6) is -1.55. The summed E-state index contributed by atoms with van der Waals surface area (Å²) in [7, 11) is 0. The quantitative estimate of drug-likeness (QED) is 0.198. The number of hydrogen-bond acceptors (Lipinski definition) is 6. The Kier molecular flexibility index (Phi) is 7.85. The molecule has 7 nitrogen and oxygen atoms in total. The van der Waals surface area contributed by atoms with Crippen molar-refractivity contribution in [3.05, 3.63) is 131 Å². The number of carbonyl (C=O) groups is 4. The molecule has 4 aromatic carbocycles. The van der Waals surface area contributed by atoms with E-state index in [9.17, 15) is 19.2 Å². The average molecular weight is 494 g/mol. The fourth-order valence-electron chi connectivity index (χ4n) is 3.34. The molecule has 0 aliphatic rings. The topological polar surface area (TPSA) is 98.8 Å². The Bertz CT molecular complexity index is 1410. The van der Waals surface area contributed by atoms with Crippen LogP contribution in [0, 0.1) is 6.92 Å². The number of hydrogen-bond donors (Lipinski definition) is 1. The molecular formula is C30H23NO6. The predicted molar refractivity (Wildman–Crippen MR) is 138 cm³/mol. The molecule has 0 saturated carbocycles. The number of Topliss-reactive ketones (excluding diaryl/α,β-unsaturated/α-hetero) is 1. The van der Waals surface area contributed by atoms with Crippen molar-refractivity contribution >= 4 is 29.3 Å². The zero-order valence-corrected chi connectivity index (χ0v) is 20.0. The lowest BCUT2D eigenvalue weighted by molar-refractivity contribution is 0.0474. The molecule has 184 valence electrons. The van der Waals surface area contributed by atoms with E-state index in [-0.39, 0.29) is 17.2 Å². The molecule has 0 radical (unpaired) electrons. The van der Waals surface area contributed by atoms with Crippen LogP contribution >= 0.6 is 0 Å². The van der Waals surface area contributed by atoms with E-state index < -0.39 is 24.3 Å². The molecule has 37 heavy (non-hydrogen) atoms. The zero-order valence-electron chi connectivity index (χ0n) is 20.0. The lowest BCUT2D eigenvalue weighted by atomic mass is 10.1. The standard InChI is InChI=1S/C30H23NO6/c1-20-7-9-22(10-8-20)28(33)31-25-15-11-24(12-16-25)29(34)36-19-27(32)21-13-17-26(18-14-21)37-30(35)23-5-3-2-4-6-23/h2-18H,19H2,1H3,(H,31,33). The van der Waals surface area contributed by atoms with Gasteiger partial charge in [0.05, 0.1) is 11.1 Å². The van der Waals surface area contributed by atoms with Crippen molar-refractivity contribution in [1.82, 2.24) is 0 Å². The zero-order chi connectivity index (χ0) is 26.2. The fourth-order valence-corrected chi connectivity index (χ4v) is 3.34. The average Bonchev–Trinajstić information content (AvgIpc) is 2.93.